The molecule has 1 aliphatic heterocycles. The van der Waals surface area contributed by atoms with Gasteiger partial charge in [0, 0.05) is 27.2 Å². The summed E-state index contributed by atoms with van der Waals surface area (Å²) < 4.78 is 35.5. The molecule has 0 radical (unpaired) electrons. The second kappa shape index (κ2) is 12.2. The van der Waals surface area contributed by atoms with E-state index in [1.54, 1.807) is 36.4 Å². The molecule has 0 amide bonds. The number of nitriles is 1. The lowest BCUT2D eigenvalue weighted by molar-refractivity contribution is -0.136. The molecule has 0 bridgehead atoms. The van der Waals surface area contributed by atoms with Gasteiger partial charge in [0.25, 0.3) is 0 Å². The van der Waals surface area contributed by atoms with E-state index < -0.39 is 17.7 Å². The van der Waals surface area contributed by atoms with Crippen molar-refractivity contribution in [2.45, 2.75) is 12.5 Å². The lowest BCUT2D eigenvalue weighted by atomic mass is 9.83. The molecule has 10 heteroatoms. The van der Waals surface area contributed by atoms with E-state index in [4.69, 9.17) is 47.9 Å². The van der Waals surface area contributed by atoms with Crippen LogP contribution in [-0.2, 0) is 11.4 Å². The summed E-state index contributed by atoms with van der Waals surface area (Å²) in [6.07, 6.45) is 0. The molecule has 1 aliphatic rings. The van der Waals surface area contributed by atoms with Crippen molar-refractivity contribution in [1.82, 2.24) is 0 Å². The number of benzene rings is 4. The molecule has 0 fully saturated rings. The van der Waals surface area contributed by atoms with E-state index in [2.05, 4.69) is 6.07 Å². The smallest absolute Gasteiger partial charge is 0.349 e. The summed E-state index contributed by atoms with van der Waals surface area (Å²) in [6, 6.07) is 24.7. The molecule has 1 unspecified atom stereocenters. The number of halogens is 3. The zero-order valence-corrected chi connectivity index (χ0v) is 22.8. The summed E-state index contributed by atoms with van der Waals surface area (Å²) >= 11 is 12.2. The molecule has 4 aromatic rings. The van der Waals surface area contributed by atoms with E-state index >= 15 is 0 Å². The van der Waals surface area contributed by atoms with Crippen LogP contribution in [0.25, 0.3) is 0 Å². The summed E-state index contributed by atoms with van der Waals surface area (Å²) in [6.45, 7) is -0.173. The van der Waals surface area contributed by atoms with Crippen molar-refractivity contribution in [2.24, 2.45) is 5.73 Å². The van der Waals surface area contributed by atoms with Gasteiger partial charge >= 0.3 is 5.97 Å². The molecule has 4 aromatic carbocycles. The molecule has 0 spiro atoms. The molecule has 206 valence electrons. The lowest BCUT2D eigenvalue weighted by Crippen LogP contribution is -2.21. The number of nitrogens with two attached hydrogens (primary N) is 1. The Kier molecular flexibility index (Phi) is 8.29. The fourth-order valence-electron chi connectivity index (χ4n) is 4.26. The molecule has 7 nitrogen and oxygen atoms in total. The van der Waals surface area contributed by atoms with Gasteiger partial charge in [0.2, 0.25) is 5.88 Å². The zero-order chi connectivity index (χ0) is 28.9. The maximum Gasteiger partial charge on any atom is 0.349 e. The van der Waals surface area contributed by atoms with E-state index in [0.29, 0.717) is 32.9 Å². The van der Waals surface area contributed by atoms with Gasteiger partial charge in [-0.05, 0) is 60.2 Å². The first kappa shape index (κ1) is 27.8. The van der Waals surface area contributed by atoms with Crippen LogP contribution in [0.1, 0.15) is 22.6 Å². The maximum atomic E-state index is 13.1. The van der Waals surface area contributed by atoms with Gasteiger partial charge < -0.3 is 24.7 Å². The third-order valence-electron chi connectivity index (χ3n) is 6.19. The van der Waals surface area contributed by atoms with Crippen LogP contribution in [0.5, 0.6) is 23.0 Å². The van der Waals surface area contributed by atoms with Crippen molar-refractivity contribution in [3.05, 3.63) is 129 Å². The first-order valence-corrected chi connectivity index (χ1v) is 13.0. The number of rotatable bonds is 8. The molecule has 5 rings (SSSR count). The molecule has 0 saturated carbocycles. The first-order valence-electron chi connectivity index (χ1n) is 12.3. The Balaban J connectivity index is 1.34. The Bertz CT molecular complexity index is 1690. The Morgan fingerprint density at radius 2 is 1.73 bits per heavy atom. The number of fused-ring (bicyclic) bond motifs is 1. The van der Waals surface area contributed by atoms with Crippen molar-refractivity contribution in [2.75, 3.05) is 6.61 Å². The predicted octanol–water partition coefficient (Wildman–Crippen LogP) is 6.91. The molecule has 2 N–H and O–H groups in total. The van der Waals surface area contributed by atoms with Gasteiger partial charge in [0.05, 0.1) is 5.92 Å². The average Bonchev–Trinajstić information content (AvgIpc) is 2.96. The minimum absolute atomic E-state index is 0.0626. The van der Waals surface area contributed by atoms with Gasteiger partial charge in [-0.2, -0.15) is 5.26 Å². The second-order valence-corrected chi connectivity index (χ2v) is 9.78. The number of esters is 1. The predicted molar refractivity (Wildman–Crippen MR) is 151 cm³/mol. The quantitative estimate of drug-likeness (QED) is 0.175. The summed E-state index contributed by atoms with van der Waals surface area (Å²) in [7, 11) is 0. The third-order valence-corrected chi connectivity index (χ3v) is 6.78. The number of carbonyl (C=O) groups is 1. The van der Waals surface area contributed by atoms with Crippen molar-refractivity contribution in [3.63, 3.8) is 0 Å². The van der Waals surface area contributed by atoms with Crippen molar-refractivity contribution in [3.8, 4) is 29.1 Å². The van der Waals surface area contributed by atoms with Gasteiger partial charge in [-0.3, -0.25) is 0 Å². The molecule has 0 aliphatic carbocycles. The second-order valence-electron chi connectivity index (χ2n) is 8.94. The molecule has 0 aromatic heterocycles. The fraction of sp³-hybridized carbons (Fsp3) is 0.0968. The average molecular weight is 591 g/mol. The molecule has 0 saturated heterocycles. The Morgan fingerprint density at radius 1 is 0.951 bits per heavy atom. The van der Waals surface area contributed by atoms with E-state index in [0.717, 1.165) is 11.1 Å². The summed E-state index contributed by atoms with van der Waals surface area (Å²) in [5.41, 5.74) is 8.52. The highest BCUT2D eigenvalue weighted by Gasteiger charge is 2.31. The van der Waals surface area contributed by atoms with Crippen LogP contribution >= 0.6 is 23.2 Å². The van der Waals surface area contributed by atoms with E-state index in [1.807, 2.05) is 18.2 Å². The minimum atomic E-state index is -0.673. The van der Waals surface area contributed by atoms with Crippen molar-refractivity contribution in [1.29, 1.82) is 5.26 Å². The SMILES string of the molecule is N#CC1=C(N)Oc2cc(OC(=O)COc3ccc(F)cc3)ccc2C1c1cccc(OCc2ccc(Cl)cc2Cl)c1. The molecular weight excluding hydrogens is 570 g/mol. The number of allylic oxidation sites excluding steroid dienone is 1. The van der Waals surface area contributed by atoms with Gasteiger partial charge in [0.1, 0.15) is 47.1 Å². The van der Waals surface area contributed by atoms with Crippen LogP contribution in [0, 0.1) is 17.1 Å². The van der Waals surface area contributed by atoms with Gasteiger partial charge in [0.15, 0.2) is 6.61 Å². The van der Waals surface area contributed by atoms with Crippen molar-refractivity contribution < 1.29 is 28.1 Å². The van der Waals surface area contributed by atoms with E-state index in [1.165, 1.54) is 30.3 Å². The van der Waals surface area contributed by atoms with Crippen molar-refractivity contribution >= 4 is 29.2 Å². The normalized spacial score (nSPS) is 14.0. The fourth-order valence-corrected chi connectivity index (χ4v) is 4.72. The Labute approximate surface area is 245 Å². The zero-order valence-electron chi connectivity index (χ0n) is 21.3. The molecule has 1 heterocycles. The van der Waals surface area contributed by atoms with Crippen LogP contribution in [0.3, 0.4) is 0 Å². The largest absolute Gasteiger partial charge is 0.489 e. The Morgan fingerprint density at radius 3 is 2.49 bits per heavy atom. The monoisotopic (exact) mass is 590 g/mol. The molecule has 41 heavy (non-hydrogen) atoms. The number of nitrogens with zero attached hydrogens (tertiary/aromatic N) is 1. The lowest BCUT2D eigenvalue weighted by Gasteiger charge is -2.27. The van der Waals surface area contributed by atoms with Crippen LogP contribution < -0.4 is 24.7 Å². The van der Waals surface area contributed by atoms with E-state index in [-0.39, 0.29) is 30.4 Å². The number of ether oxygens (including phenoxy) is 4. The van der Waals surface area contributed by atoms with Crippen LogP contribution in [0.15, 0.2) is 96.4 Å². The third kappa shape index (κ3) is 6.55. The highest BCUT2D eigenvalue weighted by Crippen LogP contribution is 2.44. The summed E-state index contributed by atoms with van der Waals surface area (Å²) in [5.74, 6) is -0.300. The molecule has 1 atom stereocenters. The summed E-state index contributed by atoms with van der Waals surface area (Å²) in [4.78, 5) is 12.3. The number of hydrogen-bond donors (Lipinski definition) is 1. The first-order chi connectivity index (χ1) is 19.8. The Hall–Kier alpha value is -4.71. The van der Waals surface area contributed by atoms with Crippen LogP contribution in [0.2, 0.25) is 10.0 Å². The molecular formula is C31H21Cl2FN2O5. The summed E-state index contributed by atoms with van der Waals surface area (Å²) in [5, 5.41) is 10.9. The van der Waals surface area contributed by atoms with Crippen LogP contribution in [-0.4, -0.2) is 12.6 Å². The minimum Gasteiger partial charge on any atom is -0.489 e. The van der Waals surface area contributed by atoms with Crippen LogP contribution in [0.4, 0.5) is 4.39 Å². The van der Waals surface area contributed by atoms with Gasteiger partial charge in [-0.1, -0.05) is 47.5 Å². The topological polar surface area (TPSA) is 104 Å². The van der Waals surface area contributed by atoms with Gasteiger partial charge in [-0.15, -0.1) is 0 Å². The maximum absolute atomic E-state index is 13.1. The number of hydrogen-bond acceptors (Lipinski definition) is 7. The highest BCUT2D eigenvalue weighted by molar-refractivity contribution is 6.35. The van der Waals surface area contributed by atoms with Gasteiger partial charge in [-0.25, -0.2) is 9.18 Å². The van der Waals surface area contributed by atoms with E-state index in [9.17, 15) is 14.4 Å². The standard InChI is InChI=1S/C31H21Cl2FN2O5/c32-20-5-4-19(27(33)13-20)16-38-23-3-1-2-18(12-23)30-25-11-10-24(14-28(25)41-31(36)26(30)15-35)40-29(37)17-39-22-8-6-21(34)7-9-22/h1-14,30H,16-17,36H2. The highest BCUT2D eigenvalue weighted by atomic mass is 35.5. The number of carbonyl (C=O) groups excluding carboxylic acids is 1.